The third kappa shape index (κ3) is 3.58. The summed E-state index contributed by atoms with van der Waals surface area (Å²) >= 11 is 0. The maximum absolute atomic E-state index is 4.46. The molecule has 0 aromatic heterocycles. The normalized spacial score (nSPS) is 29.9. The molecule has 0 bridgehead atoms. The number of allylic oxidation sites excluding steroid dienone is 3. The number of fused-ring (bicyclic) bond motifs is 2. The molecule has 170 valence electrons. The highest BCUT2D eigenvalue weighted by molar-refractivity contribution is 5.80. The maximum atomic E-state index is 4.46. The van der Waals surface area contributed by atoms with Crippen LogP contribution >= 0.6 is 0 Å². The van der Waals surface area contributed by atoms with E-state index >= 15 is 0 Å². The minimum absolute atomic E-state index is 0.512. The Bertz CT molecular complexity index is 1170. The minimum atomic E-state index is 0.512. The van der Waals surface area contributed by atoms with Gasteiger partial charge in [-0.15, -0.1) is 0 Å². The number of hydrogen-bond donors (Lipinski definition) is 0. The molecule has 0 saturated heterocycles. The highest BCUT2D eigenvalue weighted by atomic mass is 14.6. The number of hydrogen-bond acceptors (Lipinski definition) is 0. The number of benzene rings is 2. The van der Waals surface area contributed by atoms with Gasteiger partial charge in [0, 0.05) is 5.92 Å². The van der Waals surface area contributed by atoms with Crippen molar-refractivity contribution >= 4 is 6.08 Å². The lowest BCUT2D eigenvalue weighted by atomic mass is 9.82. The van der Waals surface area contributed by atoms with Gasteiger partial charge in [0.2, 0.25) is 0 Å². The van der Waals surface area contributed by atoms with E-state index in [0.29, 0.717) is 5.92 Å². The van der Waals surface area contributed by atoms with Gasteiger partial charge in [-0.25, -0.2) is 0 Å². The van der Waals surface area contributed by atoms with Crippen LogP contribution in [0.1, 0.15) is 66.8 Å². The summed E-state index contributed by atoms with van der Waals surface area (Å²) in [5.74, 6) is 3.70. The monoisotopic (exact) mass is 434 g/mol. The van der Waals surface area contributed by atoms with E-state index in [1.54, 1.807) is 11.1 Å². The zero-order valence-electron chi connectivity index (χ0n) is 20.7. The van der Waals surface area contributed by atoms with E-state index in [4.69, 9.17) is 0 Å². The number of aryl methyl sites for hydroxylation is 2. The topological polar surface area (TPSA) is 0 Å². The van der Waals surface area contributed by atoms with E-state index in [1.807, 2.05) is 0 Å². The van der Waals surface area contributed by atoms with Crippen LogP contribution in [0.2, 0.25) is 0 Å². The Labute approximate surface area is 200 Å². The lowest BCUT2D eigenvalue weighted by molar-refractivity contribution is 0.417. The van der Waals surface area contributed by atoms with E-state index in [-0.39, 0.29) is 0 Å². The molecule has 0 aliphatic heterocycles. The SMILES string of the molecule is C=C1C(CC2=Cc3cccc(-c4cc(C)cc(C)c4C[C@@H]4CCC[C@@H]4C)c3C2)C(=C)C2CC12. The average Bonchev–Trinajstić information content (AvgIpc) is 3.22. The largest absolute Gasteiger partial charge is 0.0989 e. The smallest absolute Gasteiger partial charge is 0.00449 e. The van der Waals surface area contributed by atoms with Gasteiger partial charge in [0.25, 0.3) is 0 Å². The average molecular weight is 435 g/mol. The molecule has 0 radical (unpaired) electrons. The van der Waals surface area contributed by atoms with Crippen LogP contribution in [-0.4, -0.2) is 0 Å². The molecule has 2 aromatic carbocycles. The van der Waals surface area contributed by atoms with Crippen molar-refractivity contribution in [2.75, 3.05) is 0 Å². The van der Waals surface area contributed by atoms with Crippen molar-refractivity contribution in [3.63, 3.8) is 0 Å². The van der Waals surface area contributed by atoms with Crippen molar-refractivity contribution in [2.24, 2.45) is 29.6 Å². The second kappa shape index (κ2) is 7.86. The van der Waals surface area contributed by atoms with Crippen LogP contribution < -0.4 is 0 Å². The fraction of sp³-hybridized carbons (Fsp3) is 0.455. The van der Waals surface area contributed by atoms with Crippen molar-refractivity contribution in [1.82, 2.24) is 0 Å². The van der Waals surface area contributed by atoms with Gasteiger partial charge in [-0.3, -0.25) is 0 Å². The second-order valence-corrected chi connectivity index (χ2v) is 11.7. The molecule has 4 aliphatic carbocycles. The lowest BCUT2D eigenvalue weighted by Crippen LogP contribution is -2.10. The molecule has 0 amide bonds. The predicted molar refractivity (Wildman–Crippen MR) is 141 cm³/mol. The summed E-state index contributed by atoms with van der Waals surface area (Å²) in [4.78, 5) is 0. The molecule has 4 aliphatic rings. The van der Waals surface area contributed by atoms with E-state index in [2.05, 4.69) is 70.3 Å². The molecule has 2 unspecified atom stereocenters. The summed E-state index contributed by atoms with van der Waals surface area (Å²) in [7, 11) is 0. The first-order chi connectivity index (χ1) is 15.9. The molecule has 0 heteroatoms. The molecular weight excluding hydrogens is 396 g/mol. The van der Waals surface area contributed by atoms with E-state index in [9.17, 15) is 0 Å². The van der Waals surface area contributed by atoms with E-state index < -0.39 is 0 Å². The van der Waals surface area contributed by atoms with E-state index in [1.165, 1.54) is 76.6 Å². The molecular formula is C33H38. The van der Waals surface area contributed by atoms with Gasteiger partial charge in [0.15, 0.2) is 0 Å². The molecule has 0 heterocycles. The Balaban J connectivity index is 1.32. The molecule has 4 atom stereocenters. The first kappa shape index (κ1) is 21.2. The lowest BCUT2D eigenvalue weighted by Gasteiger charge is -2.22. The van der Waals surface area contributed by atoms with Crippen LogP contribution in [0.25, 0.3) is 17.2 Å². The van der Waals surface area contributed by atoms with Crippen molar-refractivity contribution < 1.29 is 0 Å². The first-order valence-corrected chi connectivity index (χ1v) is 13.2. The van der Waals surface area contributed by atoms with Crippen molar-refractivity contribution in [2.45, 2.75) is 65.7 Å². The predicted octanol–water partition coefficient (Wildman–Crippen LogP) is 8.66. The van der Waals surface area contributed by atoms with Gasteiger partial charge in [0.1, 0.15) is 0 Å². The molecule has 6 rings (SSSR count). The number of rotatable bonds is 5. The zero-order valence-corrected chi connectivity index (χ0v) is 20.7. The zero-order chi connectivity index (χ0) is 22.9. The molecule has 0 spiro atoms. The van der Waals surface area contributed by atoms with Crippen LogP contribution in [0.5, 0.6) is 0 Å². The summed E-state index contributed by atoms with van der Waals surface area (Å²) in [6.07, 6.45) is 11.4. The highest BCUT2D eigenvalue weighted by Crippen LogP contribution is 2.61. The van der Waals surface area contributed by atoms with Gasteiger partial charge < -0.3 is 0 Å². The van der Waals surface area contributed by atoms with Crippen molar-refractivity contribution in [1.29, 1.82) is 0 Å². The Hall–Kier alpha value is -2.34. The molecule has 2 aromatic rings. The Morgan fingerprint density at radius 2 is 1.73 bits per heavy atom. The summed E-state index contributed by atoms with van der Waals surface area (Å²) in [5.41, 5.74) is 14.9. The van der Waals surface area contributed by atoms with Gasteiger partial charge in [-0.2, -0.15) is 0 Å². The Kier molecular flexibility index (Phi) is 5.05. The van der Waals surface area contributed by atoms with Gasteiger partial charge in [0.05, 0.1) is 0 Å². The molecule has 33 heavy (non-hydrogen) atoms. The van der Waals surface area contributed by atoms with E-state index in [0.717, 1.165) is 36.5 Å². The molecule has 3 saturated carbocycles. The van der Waals surface area contributed by atoms with Crippen LogP contribution in [-0.2, 0) is 12.8 Å². The van der Waals surface area contributed by atoms with Crippen LogP contribution in [0.4, 0.5) is 0 Å². The molecule has 3 fully saturated rings. The standard InChI is InChI=1S/C33H38/c1-19-12-21(3)28(17-25-9-6-8-20(25)2)33(13-19)27-11-7-10-26-14-24(16-32(26)27)15-29-22(4)30-18-31(30)23(29)5/h7,10-14,20,25,29-31H,4-6,8-9,15-18H2,1-3H3/t20-,25-,29?,30?,31?/m0/s1. The Morgan fingerprint density at radius 1 is 0.939 bits per heavy atom. The van der Waals surface area contributed by atoms with Gasteiger partial charge in [-0.1, -0.05) is 91.6 Å². The van der Waals surface area contributed by atoms with Gasteiger partial charge >= 0.3 is 0 Å². The third-order valence-corrected chi connectivity index (χ3v) is 9.49. The van der Waals surface area contributed by atoms with Crippen LogP contribution in [0.3, 0.4) is 0 Å². The van der Waals surface area contributed by atoms with Crippen molar-refractivity contribution in [3.8, 4) is 11.1 Å². The summed E-state index contributed by atoms with van der Waals surface area (Å²) in [6, 6.07) is 11.8. The molecule has 0 N–H and O–H groups in total. The van der Waals surface area contributed by atoms with Crippen LogP contribution in [0, 0.1) is 43.4 Å². The fourth-order valence-electron chi connectivity index (χ4n) is 7.41. The fourth-order valence-corrected chi connectivity index (χ4v) is 7.41. The molecule has 0 nitrogen and oxygen atoms in total. The summed E-state index contributed by atoms with van der Waals surface area (Å²) in [5, 5.41) is 0. The first-order valence-electron chi connectivity index (χ1n) is 13.2. The summed E-state index contributed by atoms with van der Waals surface area (Å²) < 4.78 is 0. The minimum Gasteiger partial charge on any atom is -0.0989 e. The second-order valence-electron chi connectivity index (χ2n) is 11.7. The van der Waals surface area contributed by atoms with Crippen molar-refractivity contribution in [3.05, 3.63) is 88.0 Å². The van der Waals surface area contributed by atoms with Gasteiger partial charge in [-0.05, 0) is 103 Å². The third-order valence-electron chi connectivity index (χ3n) is 9.49. The van der Waals surface area contributed by atoms with Crippen LogP contribution in [0.15, 0.2) is 60.2 Å². The quantitative estimate of drug-likeness (QED) is 0.413. The Morgan fingerprint density at radius 3 is 2.45 bits per heavy atom. The maximum Gasteiger partial charge on any atom is 0.00449 e. The highest BCUT2D eigenvalue weighted by Gasteiger charge is 2.51. The summed E-state index contributed by atoms with van der Waals surface area (Å²) in [6.45, 7) is 16.0.